The summed E-state index contributed by atoms with van der Waals surface area (Å²) in [6.07, 6.45) is 1.49. The summed E-state index contributed by atoms with van der Waals surface area (Å²) >= 11 is 6.47. The summed E-state index contributed by atoms with van der Waals surface area (Å²) < 4.78 is 16.0. The molecule has 1 aliphatic heterocycles. The third-order valence-corrected chi connectivity index (χ3v) is 5.50. The minimum Gasteiger partial charge on any atom is -0.495 e. The molecular weight excluding hydrogens is 414 g/mol. The minimum atomic E-state index is -1.20. The first-order chi connectivity index (χ1) is 13.9. The molecule has 1 N–H and O–H groups in total. The molecule has 9 heteroatoms. The van der Waals surface area contributed by atoms with Gasteiger partial charge in [0.05, 0.1) is 31.9 Å². The lowest BCUT2D eigenvalue weighted by atomic mass is 10.0. The zero-order chi connectivity index (χ0) is 21.1. The summed E-state index contributed by atoms with van der Waals surface area (Å²) in [5, 5.41) is 9.68. The third-order valence-electron chi connectivity index (χ3n) is 4.20. The first-order valence-electron chi connectivity index (χ1n) is 8.32. The first kappa shape index (κ1) is 20.7. The number of hydrogen-bond acceptors (Lipinski definition) is 7. The number of thiocarbonyl (C=S) groups is 1. The topological polar surface area (TPSA) is 85.3 Å². The lowest BCUT2D eigenvalue weighted by molar-refractivity contribution is -0.113. The highest BCUT2D eigenvalue weighted by Crippen LogP contribution is 2.41. The normalized spacial score (nSPS) is 15.0. The molecule has 1 amide bonds. The number of methoxy groups -OCH3 is 3. The van der Waals surface area contributed by atoms with Gasteiger partial charge in [0.2, 0.25) is 0 Å². The lowest BCUT2D eigenvalue weighted by Gasteiger charge is -2.17. The second kappa shape index (κ2) is 8.54. The van der Waals surface area contributed by atoms with Crippen LogP contribution in [0, 0.1) is 0 Å². The quantitative estimate of drug-likeness (QED) is 0.546. The van der Waals surface area contributed by atoms with Crippen LogP contribution in [-0.2, 0) is 4.79 Å². The molecule has 0 aliphatic carbocycles. The Bertz CT molecular complexity index is 1030. The van der Waals surface area contributed by atoms with Crippen LogP contribution in [0.15, 0.2) is 41.3 Å². The van der Waals surface area contributed by atoms with E-state index in [1.54, 1.807) is 36.4 Å². The minimum absolute atomic E-state index is 0.0777. The number of aromatic carboxylic acids is 1. The van der Waals surface area contributed by atoms with Gasteiger partial charge in [-0.15, -0.1) is 0 Å². The van der Waals surface area contributed by atoms with Crippen molar-refractivity contribution in [1.82, 2.24) is 0 Å². The van der Waals surface area contributed by atoms with Crippen LogP contribution in [0.4, 0.5) is 5.69 Å². The molecule has 0 unspecified atom stereocenters. The van der Waals surface area contributed by atoms with E-state index in [9.17, 15) is 14.7 Å². The van der Waals surface area contributed by atoms with Crippen molar-refractivity contribution in [1.29, 1.82) is 0 Å². The molecule has 0 atom stereocenters. The van der Waals surface area contributed by atoms with Crippen molar-refractivity contribution in [3.05, 3.63) is 52.4 Å². The Morgan fingerprint density at radius 2 is 1.76 bits per heavy atom. The number of carbonyl (C=O) groups is 2. The number of amides is 1. The molecular formula is C20H17NO6S2. The van der Waals surface area contributed by atoms with Gasteiger partial charge >= 0.3 is 5.97 Å². The largest absolute Gasteiger partial charge is 0.495 e. The zero-order valence-corrected chi connectivity index (χ0v) is 17.4. The van der Waals surface area contributed by atoms with Gasteiger partial charge in [0, 0.05) is 0 Å². The average molecular weight is 431 g/mol. The Balaban J connectivity index is 2.08. The van der Waals surface area contributed by atoms with Crippen LogP contribution in [0.1, 0.15) is 15.9 Å². The standard InChI is InChI=1S/C20H17NO6S2/c1-25-13-7-5-4-6-12(13)21-18(22)15(29-20(21)28)10-11-8-9-14(26-2)17(27-3)16(11)19(23)24/h4-10H,1-3H3,(H,23,24)/b15-10+. The Morgan fingerprint density at radius 3 is 2.38 bits per heavy atom. The molecule has 7 nitrogen and oxygen atoms in total. The molecule has 29 heavy (non-hydrogen) atoms. The van der Waals surface area contributed by atoms with E-state index in [0.29, 0.717) is 21.3 Å². The maximum atomic E-state index is 13.0. The van der Waals surface area contributed by atoms with Gasteiger partial charge in [-0.2, -0.15) is 0 Å². The van der Waals surface area contributed by atoms with Gasteiger partial charge < -0.3 is 19.3 Å². The van der Waals surface area contributed by atoms with Crippen molar-refractivity contribution in [3.8, 4) is 17.2 Å². The molecule has 1 heterocycles. The number of carbonyl (C=O) groups excluding carboxylic acids is 1. The molecule has 1 aliphatic rings. The second-order valence-electron chi connectivity index (χ2n) is 5.76. The van der Waals surface area contributed by atoms with Crippen LogP contribution in [0.2, 0.25) is 0 Å². The number of ether oxygens (including phenoxy) is 3. The molecule has 150 valence electrons. The summed E-state index contributed by atoms with van der Waals surface area (Å²) in [5.74, 6) is -0.706. The van der Waals surface area contributed by atoms with Crippen LogP contribution >= 0.6 is 24.0 Å². The van der Waals surface area contributed by atoms with E-state index >= 15 is 0 Å². The highest BCUT2D eigenvalue weighted by molar-refractivity contribution is 8.27. The first-order valence-corrected chi connectivity index (χ1v) is 9.54. The monoisotopic (exact) mass is 431 g/mol. The van der Waals surface area contributed by atoms with Crippen LogP contribution in [-0.4, -0.2) is 42.6 Å². The number of anilines is 1. The van der Waals surface area contributed by atoms with E-state index in [2.05, 4.69) is 0 Å². The van der Waals surface area contributed by atoms with Gasteiger partial charge in [-0.25, -0.2) is 4.79 Å². The number of nitrogens with zero attached hydrogens (tertiary/aromatic N) is 1. The van der Waals surface area contributed by atoms with E-state index in [-0.39, 0.29) is 27.9 Å². The van der Waals surface area contributed by atoms with Crippen LogP contribution in [0.25, 0.3) is 6.08 Å². The summed E-state index contributed by atoms with van der Waals surface area (Å²) in [7, 11) is 4.28. The fourth-order valence-electron chi connectivity index (χ4n) is 2.91. The summed E-state index contributed by atoms with van der Waals surface area (Å²) in [4.78, 5) is 26.5. The number of carboxylic acids is 1. The average Bonchev–Trinajstić information content (AvgIpc) is 2.99. The number of para-hydroxylation sites is 2. The summed E-state index contributed by atoms with van der Waals surface area (Å²) in [6.45, 7) is 0. The number of rotatable bonds is 6. The zero-order valence-electron chi connectivity index (χ0n) is 15.8. The van der Waals surface area contributed by atoms with Gasteiger partial charge in [0.1, 0.15) is 11.3 Å². The molecule has 1 saturated heterocycles. The van der Waals surface area contributed by atoms with Crippen molar-refractivity contribution in [2.75, 3.05) is 26.2 Å². The Hall–Kier alpha value is -3.04. The fraction of sp³-hybridized carbons (Fsp3) is 0.150. The van der Waals surface area contributed by atoms with E-state index in [1.165, 1.54) is 32.3 Å². The number of thioether (sulfide) groups is 1. The van der Waals surface area contributed by atoms with E-state index in [0.717, 1.165) is 11.8 Å². The van der Waals surface area contributed by atoms with Gasteiger partial charge in [0.25, 0.3) is 5.91 Å². The maximum Gasteiger partial charge on any atom is 0.340 e. The molecule has 0 spiro atoms. The number of carboxylic acid groups (broad SMARTS) is 1. The third kappa shape index (κ3) is 3.79. The van der Waals surface area contributed by atoms with E-state index in [4.69, 9.17) is 26.4 Å². The maximum absolute atomic E-state index is 13.0. The van der Waals surface area contributed by atoms with Crippen molar-refractivity contribution in [2.24, 2.45) is 0 Å². The van der Waals surface area contributed by atoms with Crippen molar-refractivity contribution >= 4 is 51.9 Å². The van der Waals surface area contributed by atoms with E-state index < -0.39 is 5.97 Å². The van der Waals surface area contributed by atoms with Crippen LogP contribution in [0.3, 0.4) is 0 Å². The predicted molar refractivity (Wildman–Crippen MR) is 115 cm³/mol. The van der Waals surface area contributed by atoms with Gasteiger partial charge in [0.15, 0.2) is 15.8 Å². The molecule has 0 saturated carbocycles. The van der Waals surface area contributed by atoms with Crippen LogP contribution in [0.5, 0.6) is 17.2 Å². The SMILES string of the molecule is COc1ccccc1N1C(=O)/C(=C\c2ccc(OC)c(OC)c2C(=O)O)SC1=S. The van der Waals surface area contributed by atoms with Crippen LogP contribution < -0.4 is 19.1 Å². The van der Waals surface area contributed by atoms with E-state index in [1.807, 2.05) is 0 Å². The number of hydrogen-bond donors (Lipinski definition) is 1. The molecule has 3 rings (SSSR count). The van der Waals surface area contributed by atoms with Crippen molar-refractivity contribution in [2.45, 2.75) is 0 Å². The van der Waals surface area contributed by atoms with Crippen molar-refractivity contribution < 1.29 is 28.9 Å². The lowest BCUT2D eigenvalue weighted by Crippen LogP contribution is -2.27. The Labute approximate surface area is 176 Å². The Morgan fingerprint density at radius 1 is 1.07 bits per heavy atom. The van der Waals surface area contributed by atoms with Gasteiger partial charge in [-0.1, -0.05) is 42.2 Å². The summed E-state index contributed by atoms with van der Waals surface area (Å²) in [5.41, 5.74) is 0.719. The van der Waals surface area contributed by atoms with Crippen molar-refractivity contribution in [3.63, 3.8) is 0 Å². The van der Waals surface area contributed by atoms with Gasteiger partial charge in [-0.3, -0.25) is 9.69 Å². The highest BCUT2D eigenvalue weighted by Gasteiger charge is 2.35. The molecule has 0 bridgehead atoms. The Kier molecular flexibility index (Phi) is 6.09. The number of benzene rings is 2. The molecule has 0 aromatic heterocycles. The molecule has 2 aromatic rings. The van der Waals surface area contributed by atoms with Gasteiger partial charge in [-0.05, 0) is 29.8 Å². The molecule has 1 fully saturated rings. The smallest absolute Gasteiger partial charge is 0.340 e. The highest BCUT2D eigenvalue weighted by atomic mass is 32.2. The molecule has 2 aromatic carbocycles. The molecule has 0 radical (unpaired) electrons. The summed E-state index contributed by atoms with van der Waals surface area (Å²) in [6, 6.07) is 10.2. The fourth-order valence-corrected chi connectivity index (χ4v) is 4.19. The second-order valence-corrected chi connectivity index (χ2v) is 7.44. The predicted octanol–water partition coefficient (Wildman–Crippen LogP) is 3.82.